The highest BCUT2D eigenvalue weighted by Crippen LogP contribution is 2.55. The minimum Gasteiger partial charge on any atom is -0.493 e. The summed E-state index contributed by atoms with van der Waals surface area (Å²) in [6.07, 6.45) is -1.95. The molecule has 0 amide bonds. The maximum absolute atomic E-state index is 14.0. The molecule has 1 aliphatic heterocycles. The van der Waals surface area contributed by atoms with Crippen molar-refractivity contribution in [2.45, 2.75) is 78.8 Å². The minimum atomic E-state index is -4.78. The van der Waals surface area contributed by atoms with Crippen LogP contribution in [-0.4, -0.2) is 35.0 Å². The molecule has 3 aliphatic rings. The van der Waals surface area contributed by atoms with Gasteiger partial charge in [0.15, 0.2) is 23.1 Å². The second kappa shape index (κ2) is 12.0. The van der Waals surface area contributed by atoms with Gasteiger partial charge in [0.2, 0.25) is 5.75 Å². The van der Waals surface area contributed by atoms with E-state index in [4.69, 9.17) is 9.47 Å². The Kier molecular flexibility index (Phi) is 8.84. The van der Waals surface area contributed by atoms with Crippen LogP contribution >= 0.6 is 22.6 Å². The summed E-state index contributed by atoms with van der Waals surface area (Å²) in [5.74, 6) is -0.855. The summed E-state index contributed by atoms with van der Waals surface area (Å²) >= 11 is 1.97. The zero-order valence-corrected chi connectivity index (χ0v) is 28.7. The SMILES string of the molecule is CCCN1C2=C(C(=O)CC(C)(C)C2)C(c2cc(I)c(Oc3ccc(C(F)(F)F)cc3[N+](=O)[O-])c(OC)c2)C2=C1CC(C)(C)CC2=O. The van der Waals surface area contributed by atoms with E-state index >= 15 is 0 Å². The number of nitrogens with zero attached hydrogens (tertiary/aromatic N) is 2. The van der Waals surface area contributed by atoms with Crippen LogP contribution < -0.4 is 9.47 Å². The Balaban J connectivity index is 1.69. The third-order valence-electron chi connectivity index (χ3n) is 8.75. The Bertz CT molecular complexity index is 1650. The molecule has 246 valence electrons. The van der Waals surface area contributed by atoms with Gasteiger partial charge in [-0.2, -0.15) is 13.2 Å². The monoisotopic (exact) mass is 752 g/mol. The number of nitro groups is 1. The van der Waals surface area contributed by atoms with Gasteiger partial charge in [-0.25, -0.2) is 0 Å². The number of hydrogen-bond donors (Lipinski definition) is 0. The fraction of sp³-hybridized carbons (Fsp3) is 0.471. The number of hydrogen-bond acceptors (Lipinski definition) is 7. The Hall–Kier alpha value is -3.42. The zero-order valence-electron chi connectivity index (χ0n) is 26.6. The highest BCUT2D eigenvalue weighted by atomic mass is 127. The van der Waals surface area contributed by atoms with Crippen molar-refractivity contribution in [3.8, 4) is 17.2 Å². The largest absolute Gasteiger partial charge is 0.493 e. The lowest BCUT2D eigenvalue weighted by molar-refractivity contribution is -0.385. The molecule has 0 spiro atoms. The molecule has 2 aliphatic carbocycles. The molecule has 2 aromatic carbocycles. The molecule has 0 unspecified atom stereocenters. The van der Waals surface area contributed by atoms with Gasteiger partial charge in [-0.05, 0) is 82.5 Å². The first-order valence-corrected chi connectivity index (χ1v) is 16.2. The van der Waals surface area contributed by atoms with E-state index in [-0.39, 0.29) is 39.6 Å². The first kappa shape index (κ1) is 33.9. The summed E-state index contributed by atoms with van der Waals surface area (Å²) in [4.78, 5) is 41.0. The second-order valence-corrected chi connectivity index (χ2v) is 14.9. The van der Waals surface area contributed by atoms with Crippen molar-refractivity contribution in [2.75, 3.05) is 13.7 Å². The number of allylic oxidation sites excluding steroid dienone is 4. The summed E-state index contributed by atoms with van der Waals surface area (Å²) < 4.78 is 51.9. The van der Waals surface area contributed by atoms with E-state index in [0.717, 1.165) is 23.9 Å². The molecule has 12 heteroatoms. The number of halogens is 4. The molecule has 0 N–H and O–H groups in total. The van der Waals surface area contributed by atoms with Crippen LogP contribution in [0.15, 0.2) is 52.9 Å². The molecule has 0 saturated heterocycles. The van der Waals surface area contributed by atoms with Crippen LogP contribution in [-0.2, 0) is 15.8 Å². The van der Waals surface area contributed by atoms with Gasteiger partial charge in [-0.1, -0.05) is 34.6 Å². The van der Waals surface area contributed by atoms with Crippen molar-refractivity contribution < 1.29 is 37.2 Å². The molecule has 0 radical (unpaired) electrons. The fourth-order valence-electron chi connectivity index (χ4n) is 6.91. The van der Waals surface area contributed by atoms with Gasteiger partial charge in [0.25, 0.3) is 0 Å². The van der Waals surface area contributed by atoms with Crippen LogP contribution in [0.2, 0.25) is 0 Å². The van der Waals surface area contributed by atoms with Crippen LogP contribution in [0.3, 0.4) is 0 Å². The number of ether oxygens (including phenoxy) is 2. The normalized spacial score (nSPS) is 19.7. The molecule has 5 rings (SSSR count). The Labute approximate surface area is 279 Å². The van der Waals surface area contributed by atoms with E-state index in [2.05, 4.69) is 39.5 Å². The van der Waals surface area contributed by atoms with Crippen molar-refractivity contribution in [1.29, 1.82) is 0 Å². The number of carbonyl (C=O) groups excluding carboxylic acids is 2. The lowest BCUT2D eigenvalue weighted by Gasteiger charge is -2.49. The van der Waals surface area contributed by atoms with Gasteiger partial charge in [0.1, 0.15) is 0 Å². The van der Waals surface area contributed by atoms with E-state index < -0.39 is 28.3 Å². The summed E-state index contributed by atoms with van der Waals surface area (Å²) in [7, 11) is 1.38. The lowest BCUT2D eigenvalue weighted by atomic mass is 9.63. The van der Waals surface area contributed by atoms with E-state index in [9.17, 15) is 32.9 Å². The smallest absolute Gasteiger partial charge is 0.416 e. The highest BCUT2D eigenvalue weighted by molar-refractivity contribution is 14.1. The molecular weight excluding hydrogens is 716 g/mol. The summed E-state index contributed by atoms with van der Waals surface area (Å²) in [6.45, 7) is 11.1. The number of ketones is 2. The molecule has 0 bridgehead atoms. The average Bonchev–Trinajstić information content (AvgIpc) is 2.92. The van der Waals surface area contributed by atoms with Crippen molar-refractivity contribution in [3.63, 3.8) is 0 Å². The van der Waals surface area contributed by atoms with E-state index in [1.807, 2.05) is 22.6 Å². The van der Waals surface area contributed by atoms with Crippen LogP contribution in [0.5, 0.6) is 17.2 Å². The maximum Gasteiger partial charge on any atom is 0.416 e. The second-order valence-electron chi connectivity index (χ2n) is 13.8. The Morgan fingerprint density at radius 1 is 0.957 bits per heavy atom. The van der Waals surface area contributed by atoms with Crippen molar-refractivity contribution in [3.05, 3.63) is 77.7 Å². The number of alkyl halides is 3. The third-order valence-corrected chi connectivity index (χ3v) is 9.55. The molecule has 2 aromatic rings. The van der Waals surface area contributed by atoms with Crippen LogP contribution in [0.4, 0.5) is 18.9 Å². The van der Waals surface area contributed by atoms with Gasteiger partial charge in [0, 0.05) is 53.9 Å². The molecule has 1 heterocycles. The van der Waals surface area contributed by atoms with Crippen molar-refractivity contribution in [2.24, 2.45) is 10.8 Å². The standard InChI is InChI=1S/C34H36F3IN2O6/c1-7-10-39-22-14-32(2,3)16-24(41)29(22)28(30-23(39)15-33(4,5)17-25(30)42)18-11-20(38)31(27(12-18)45-6)46-26-9-8-19(34(35,36)37)13-21(26)40(43)44/h8-9,11-13,28H,7,10,14-17H2,1-6H3. The average molecular weight is 753 g/mol. The zero-order chi connectivity index (χ0) is 33.9. The van der Waals surface area contributed by atoms with E-state index in [1.165, 1.54) is 7.11 Å². The van der Waals surface area contributed by atoms with Crippen molar-refractivity contribution in [1.82, 2.24) is 4.90 Å². The van der Waals surface area contributed by atoms with E-state index in [0.29, 0.717) is 64.6 Å². The number of nitro benzene ring substituents is 1. The highest BCUT2D eigenvalue weighted by Gasteiger charge is 2.49. The van der Waals surface area contributed by atoms with Gasteiger partial charge >= 0.3 is 11.9 Å². The summed E-state index contributed by atoms with van der Waals surface area (Å²) in [6, 6.07) is 5.47. The Morgan fingerprint density at radius 2 is 1.52 bits per heavy atom. The summed E-state index contributed by atoms with van der Waals surface area (Å²) in [5, 5.41) is 11.7. The molecule has 0 fully saturated rings. The number of methoxy groups -OCH3 is 1. The summed E-state index contributed by atoms with van der Waals surface area (Å²) in [5.41, 5.74) is 1.15. The van der Waals surface area contributed by atoms with Crippen LogP contribution in [0.1, 0.15) is 83.8 Å². The van der Waals surface area contributed by atoms with Gasteiger partial charge in [-0.3, -0.25) is 19.7 Å². The maximum atomic E-state index is 14.0. The Morgan fingerprint density at radius 3 is 2.00 bits per heavy atom. The first-order valence-electron chi connectivity index (χ1n) is 15.1. The number of benzene rings is 2. The molecular formula is C34H36F3IN2O6. The van der Waals surface area contributed by atoms with Gasteiger partial charge in [0.05, 0.1) is 21.2 Å². The lowest BCUT2D eigenvalue weighted by Crippen LogP contribution is -2.44. The van der Waals surface area contributed by atoms with Crippen LogP contribution in [0.25, 0.3) is 0 Å². The first-order chi connectivity index (χ1) is 21.4. The number of Topliss-reactive ketones (excluding diaryl/α,β-unsaturated/α-hetero) is 2. The molecule has 0 atom stereocenters. The van der Waals surface area contributed by atoms with Gasteiger partial charge < -0.3 is 14.4 Å². The quantitative estimate of drug-likeness (QED) is 0.158. The topological polar surface area (TPSA) is 99.0 Å². The predicted molar refractivity (Wildman–Crippen MR) is 174 cm³/mol. The third kappa shape index (κ3) is 6.28. The van der Waals surface area contributed by atoms with E-state index in [1.54, 1.807) is 12.1 Å². The molecule has 0 aromatic heterocycles. The predicted octanol–water partition coefficient (Wildman–Crippen LogP) is 9.11. The molecule has 8 nitrogen and oxygen atoms in total. The minimum absolute atomic E-state index is 0.0174. The van der Waals surface area contributed by atoms with Crippen molar-refractivity contribution >= 4 is 39.8 Å². The number of rotatable bonds is 7. The fourth-order valence-corrected chi connectivity index (χ4v) is 7.65. The van der Waals surface area contributed by atoms with Gasteiger partial charge in [-0.15, -0.1) is 0 Å². The molecule has 0 saturated carbocycles. The van der Waals surface area contributed by atoms with Crippen LogP contribution in [0, 0.1) is 24.5 Å². The number of carbonyl (C=O) groups is 2. The molecule has 46 heavy (non-hydrogen) atoms.